The first-order chi connectivity index (χ1) is 13.3. The predicted molar refractivity (Wildman–Crippen MR) is 111 cm³/mol. The van der Waals surface area contributed by atoms with Crippen molar-refractivity contribution in [3.63, 3.8) is 0 Å². The number of aromatic nitrogens is 1. The number of methoxy groups -OCH3 is 1. The van der Waals surface area contributed by atoms with Gasteiger partial charge in [-0.2, -0.15) is 0 Å². The van der Waals surface area contributed by atoms with Crippen molar-refractivity contribution in [2.45, 2.75) is 6.92 Å². The van der Waals surface area contributed by atoms with Crippen LogP contribution in [-0.2, 0) is 17.1 Å². The summed E-state index contributed by atoms with van der Waals surface area (Å²) in [6.07, 6.45) is 3.08. The Balaban J connectivity index is 2.04. The minimum Gasteiger partial charge on any atom is -0.494 e. The van der Waals surface area contributed by atoms with Crippen LogP contribution in [0.3, 0.4) is 0 Å². The summed E-state index contributed by atoms with van der Waals surface area (Å²) in [5.74, 6) is 0.627. The van der Waals surface area contributed by atoms with Crippen molar-refractivity contribution in [3.8, 4) is 5.75 Å². The molecule has 2 heterocycles. The highest BCUT2D eigenvalue weighted by molar-refractivity contribution is 7.92. The summed E-state index contributed by atoms with van der Waals surface area (Å²) in [6.45, 7) is 5.31. The molecular weight excluding hydrogens is 400 g/mol. The molecule has 2 N–H and O–H groups in total. The van der Waals surface area contributed by atoms with Gasteiger partial charge in [0.1, 0.15) is 17.6 Å². The van der Waals surface area contributed by atoms with Crippen molar-refractivity contribution in [3.05, 3.63) is 23.2 Å². The van der Waals surface area contributed by atoms with E-state index in [1.165, 1.54) is 11.3 Å². The molecule has 1 saturated heterocycles. The Bertz CT molecular complexity index is 981. The number of nitrogens with one attached hydrogen (secondary N) is 2. The normalized spacial score (nSPS) is 15.2. The van der Waals surface area contributed by atoms with E-state index >= 15 is 0 Å². The van der Waals surface area contributed by atoms with E-state index in [9.17, 15) is 8.42 Å². The molecular formula is C17H25N6O3S2+. The van der Waals surface area contributed by atoms with Crippen molar-refractivity contribution in [1.29, 1.82) is 0 Å². The maximum Gasteiger partial charge on any atom is 0.408 e. The van der Waals surface area contributed by atoms with Crippen molar-refractivity contribution < 1.29 is 17.7 Å². The second-order valence-electron chi connectivity index (χ2n) is 6.59. The Morgan fingerprint density at radius 1 is 1.29 bits per heavy atom. The van der Waals surface area contributed by atoms with E-state index < -0.39 is 10.0 Å². The number of aryl methyl sites for hydroxylation is 2. The zero-order chi connectivity index (χ0) is 20.3. The number of thiazole rings is 1. The van der Waals surface area contributed by atoms with Gasteiger partial charge in [0.25, 0.3) is 0 Å². The predicted octanol–water partition coefficient (Wildman–Crippen LogP) is 2.09. The van der Waals surface area contributed by atoms with E-state index in [4.69, 9.17) is 4.74 Å². The monoisotopic (exact) mass is 425 g/mol. The Morgan fingerprint density at radius 3 is 2.57 bits per heavy atom. The average molecular weight is 426 g/mol. The number of nitrogens with zero attached hydrogens (tertiary/aromatic N) is 4. The number of sulfonamides is 1. The van der Waals surface area contributed by atoms with Gasteiger partial charge in [-0.05, 0) is 29.4 Å². The topological polar surface area (TPSA) is 99.3 Å². The lowest BCUT2D eigenvalue weighted by Crippen LogP contribution is -2.43. The van der Waals surface area contributed by atoms with E-state index in [2.05, 4.69) is 25.2 Å². The number of rotatable bonds is 6. The van der Waals surface area contributed by atoms with Crippen LogP contribution in [0.2, 0.25) is 0 Å². The summed E-state index contributed by atoms with van der Waals surface area (Å²) in [6, 6.07) is 3.48. The van der Waals surface area contributed by atoms with Crippen molar-refractivity contribution in [1.82, 2.24) is 5.32 Å². The van der Waals surface area contributed by atoms with Gasteiger partial charge in [0.2, 0.25) is 10.0 Å². The van der Waals surface area contributed by atoms with Crippen molar-refractivity contribution in [2.75, 3.05) is 49.2 Å². The molecule has 3 rings (SSSR count). The van der Waals surface area contributed by atoms with E-state index in [1.807, 2.05) is 24.7 Å². The summed E-state index contributed by atoms with van der Waals surface area (Å²) < 4.78 is 33.8. The SMILES string of the molecule is COc1cc(N=Nc2sc(C)c[n+]2C)c(NS(C)(=O)=O)cc1N1CCNCC1. The van der Waals surface area contributed by atoms with Crippen molar-refractivity contribution >= 4 is 43.6 Å². The zero-order valence-electron chi connectivity index (χ0n) is 16.4. The lowest BCUT2D eigenvalue weighted by Gasteiger charge is -2.31. The third-order valence-electron chi connectivity index (χ3n) is 4.22. The molecule has 0 aliphatic carbocycles. The summed E-state index contributed by atoms with van der Waals surface area (Å²) in [7, 11) is 0.00230. The molecule has 11 heteroatoms. The molecule has 1 aliphatic heterocycles. The molecule has 9 nitrogen and oxygen atoms in total. The van der Waals surface area contributed by atoms with E-state index in [0.717, 1.165) is 43.0 Å². The first-order valence-electron chi connectivity index (χ1n) is 8.80. The van der Waals surface area contributed by atoms with Gasteiger partial charge >= 0.3 is 5.13 Å². The van der Waals surface area contributed by atoms with Crippen LogP contribution in [0.5, 0.6) is 5.75 Å². The average Bonchev–Trinajstić information content (AvgIpc) is 2.97. The van der Waals surface area contributed by atoms with E-state index in [0.29, 0.717) is 22.3 Å². The van der Waals surface area contributed by atoms with Crippen LogP contribution in [0.15, 0.2) is 28.6 Å². The molecule has 0 radical (unpaired) electrons. The van der Waals surface area contributed by atoms with Crippen LogP contribution in [0.4, 0.5) is 22.2 Å². The Labute approximate surface area is 169 Å². The molecule has 0 atom stereocenters. The van der Waals surface area contributed by atoms with Crippen LogP contribution in [-0.4, -0.2) is 48.0 Å². The fraction of sp³-hybridized carbons (Fsp3) is 0.471. The number of benzene rings is 1. The van der Waals surface area contributed by atoms with Crippen LogP contribution in [0.25, 0.3) is 0 Å². The number of anilines is 2. The molecule has 1 aliphatic rings. The van der Waals surface area contributed by atoms with Gasteiger partial charge in [-0.1, -0.05) is 0 Å². The van der Waals surface area contributed by atoms with Gasteiger partial charge in [-0.25, -0.2) is 13.0 Å². The first kappa shape index (κ1) is 20.5. The zero-order valence-corrected chi connectivity index (χ0v) is 18.0. The second kappa shape index (κ2) is 8.41. The molecule has 2 aromatic rings. The minimum absolute atomic E-state index is 0.372. The molecule has 152 valence electrons. The maximum absolute atomic E-state index is 11.9. The molecule has 0 bridgehead atoms. The lowest BCUT2D eigenvalue weighted by atomic mass is 10.2. The largest absolute Gasteiger partial charge is 0.494 e. The summed E-state index contributed by atoms with van der Waals surface area (Å²) in [5, 5.41) is 12.6. The van der Waals surface area contributed by atoms with Gasteiger partial charge in [0.15, 0.2) is 0 Å². The third-order valence-corrected chi connectivity index (χ3v) is 5.79. The number of azo groups is 1. The van der Waals surface area contributed by atoms with E-state index in [-0.39, 0.29) is 0 Å². The highest BCUT2D eigenvalue weighted by Crippen LogP contribution is 2.40. The Hall–Kier alpha value is -2.24. The molecule has 1 fully saturated rings. The molecule has 0 spiro atoms. The van der Waals surface area contributed by atoms with Crippen LogP contribution < -0.4 is 24.2 Å². The molecule has 0 amide bonds. The Kier molecular flexibility index (Phi) is 6.16. The quantitative estimate of drug-likeness (QED) is 0.545. The van der Waals surface area contributed by atoms with Crippen molar-refractivity contribution in [2.24, 2.45) is 17.3 Å². The second-order valence-corrected chi connectivity index (χ2v) is 9.55. The van der Waals surface area contributed by atoms with Gasteiger partial charge < -0.3 is 15.0 Å². The standard InChI is InChI=1S/C17H24N6O3S2/c1-12-11-22(2)17(27-12)20-19-13-10-16(26-3)15(23-7-5-18-6-8-23)9-14(13)21-28(4,24)25/h9-11,18H,5-8H2,1-4H3/p+1. The fourth-order valence-electron chi connectivity index (χ4n) is 3.00. The highest BCUT2D eigenvalue weighted by atomic mass is 32.2. The number of hydrogen-bond acceptors (Lipinski definition) is 8. The number of piperazine rings is 1. The van der Waals surface area contributed by atoms with Crippen LogP contribution in [0.1, 0.15) is 4.88 Å². The van der Waals surface area contributed by atoms with Crippen LogP contribution >= 0.6 is 11.3 Å². The number of ether oxygens (including phenoxy) is 1. The first-order valence-corrected chi connectivity index (χ1v) is 11.5. The highest BCUT2D eigenvalue weighted by Gasteiger charge is 2.21. The van der Waals surface area contributed by atoms with E-state index in [1.54, 1.807) is 19.2 Å². The summed E-state index contributed by atoms with van der Waals surface area (Å²) in [4.78, 5) is 3.27. The summed E-state index contributed by atoms with van der Waals surface area (Å²) >= 11 is 1.51. The molecule has 0 unspecified atom stereocenters. The van der Waals surface area contributed by atoms with Crippen LogP contribution in [0, 0.1) is 6.92 Å². The Morgan fingerprint density at radius 2 is 2.00 bits per heavy atom. The van der Waals surface area contributed by atoms with Gasteiger partial charge in [-0.15, -0.1) is 0 Å². The summed E-state index contributed by atoms with van der Waals surface area (Å²) in [5.41, 5.74) is 1.59. The third kappa shape index (κ3) is 4.97. The fourth-order valence-corrected chi connectivity index (χ4v) is 4.34. The number of hydrogen-bond donors (Lipinski definition) is 2. The molecule has 1 aromatic heterocycles. The molecule has 1 aromatic carbocycles. The molecule has 0 saturated carbocycles. The van der Waals surface area contributed by atoms with Gasteiger partial charge in [0.05, 0.1) is 36.9 Å². The minimum atomic E-state index is -3.48. The van der Waals surface area contributed by atoms with Gasteiger partial charge in [0, 0.05) is 37.1 Å². The smallest absolute Gasteiger partial charge is 0.408 e. The maximum atomic E-state index is 11.9. The lowest BCUT2D eigenvalue weighted by molar-refractivity contribution is -0.654. The molecule has 28 heavy (non-hydrogen) atoms. The van der Waals surface area contributed by atoms with Gasteiger partial charge in [-0.3, -0.25) is 4.72 Å².